The summed E-state index contributed by atoms with van der Waals surface area (Å²) in [5.74, 6) is 1.51. The minimum atomic E-state index is -0.0324. The summed E-state index contributed by atoms with van der Waals surface area (Å²) in [5, 5.41) is 13.3. The van der Waals surface area contributed by atoms with E-state index in [1.807, 2.05) is 11.8 Å². The molecule has 0 aromatic heterocycles. The van der Waals surface area contributed by atoms with E-state index in [1.165, 1.54) is 0 Å². The molecule has 3 unspecified atom stereocenters. The van der Waals surface area contributed by atoms with Crippen molar-refractivity contribution in [3.05, 3.63) is 0 Å². The van der Waals surface area contributed by atoms with E-state index in [-0.39, 0.29) is 6.10 Å². The maximum absolute atomic E-state index is 9.34. The molecule has 52 valence electrons. The number of hydrogen-bond donors (Lipinski definition) is 2. The van der Waals surface area contributed by atoms with E-state index in [2.05, 4.69) is 5.32 Å². The van der Waals surface area contributed by atoms with Crippen molar-refractivity contribution in [2.45, 2.75) is 11.4 Å². The predicted octanol–water partition coefficient (Wildman–Crippen LogP) is -0.318. The molecule has 0 saturated carbocycles. The molecule has 2 N–H and O–H groups in total. The molecule has 3 atom stereocenters. The lowest BCUT2D eigenvalue weighted by atomic mass is 10.0. The van der Waals surface area contributed by atoms with Crippen LogP contribution in [0.2, 0.25) is 0 Å². The standard InChI is InChI=1S/C6H11NOS/c8-5-3-9-6-2-7-1-4(5)6/h4-8H,1-3H2. The number of hydrogen-bond acceptors (Lipinski definition) is 3. The number of rotatable bonds is 0. The van der Waals surface area contributed by atoms with Crippen LogP contribution in [0, 0.1) is 5.92 Å². The Morgan fingerprint density at radius 3 is 3.11 bits per heavy atom. The Kier molecular flexibility index (Phi) is 1.43. The molecule has 2 heterocycles. The van der Waals surface area contributed by atoms with Crippen molar-refractivity contribution in [1.82, 2.24) is 5.32 Å². The maximum atomic E-state index is 9.34. The van der Waals surface area contributed by atoms with Crippen molar-refractivity contribution < 1.29 is 5.11 Å². The van der Waals surface area contributed by atoms with Crippen LogP contribution in [0.1, 0.15) is 0 Å². The average molecular weight is 145 g/mol. The summed E-state index contributed by atoms with van der Waals surface area (Å²) in [4.78, 5) is 0. The molecular weight excluding hydrogens is 134 g/mol. The van der Waals surface area contributed by atoms with Crippen LogP contribution in [0.3, 0.4) is 0 Å². The van der Waals surface area contributed by atoms with Crippen LogP contribution in [0.5, 0.6) is 0 Å². The monoisotopic (exact) mass is 145 g/mol. The molecule has 2 aliphatic heterocycles. The molecule has 9 heavy (non-hydrogen) atoms. The van der Waals surface area contributed by atoms with Gasteiger partial charge in [0.05, 0.1) is 6.10 Å². The van der Waals surface area contributed by atoms with Gasteiger partial charge in [-0.15, -0.1) is 0 Å². The van der Waals surface area contributed by atoms with Crippen molar-refractivity contribution in [2.75, 3.05) is 18.8 Å². The molecule has 0 spiro atoms. The molecule has 0 aromatic rings. The maximum Gasteiger partial charge on any atom is 0.0682 e. The Bertz CT molecular complexity index is 120. The van der Waals surface area contributed by atoms with Crippen LogP contribution >= 0.6 is 11.8 Å². The summed E-state index contributed by atoms with van der Waals surface area (Å²) < 4.78 is 0. The van der Waals surface area contributed by atoms with E-state index in [0.717, 1.165) is 18.8 Å². The zero-order valence-corrected chi connectivity index (χ0v) is 6.03. The molecule has 3 heteroatoms. The Hall–Kier alpha value is 0.270. The summed E-state index contributed by atoms with van der Waals surface area (Å²) in [7, 11) is 0. The van der Waals surface area contributed by atoms with Crippen LogP contribution < -0.4 is 5.32 Å². The van der Waals surface area contributed by atoms with Gasteiger partial charge in [-0.2, -0.15) is 11.8 Å². The Morgan fingerprint density at radius 1 is 1.44 bits per heavy atom. The van der Waals surface area contributed by atoms with Crippen LogP contribution in [-0.2, 0) is 0 Å². The third-order valence-electron chi connectivity index (χ3n) is 2.18. The van der Waals surface area contributed by atoms with E-state index >= 15 is 0 Å². The topological polar surface area (TPSA) is 32.3 Å². The first-order chi connectivity index (χ1) is 4.38. The van der Waals surface area contributed by atoms with Gasteiger partial charge in [-0.25, -0.2) is 0 Å². The van der Waals surface area contributed by atoms with Crippen LogP contribution in [-0.4, -0.2) is 35.3 Å². The molecule has 2 aliphatic rings. The molecular formula is C6H11NOS. The number of fused-ring (bicyclic) bond motifs is 1. The molecule has 0 bridgehead atoms. The molecule has 0 aromatic carbocycles. The predicted molar refractivity (Wildman–Crippen MR) is 38.6 cm³/mol. The molecule has 2 nitrogen and oxygen atoms in total. The lowest BCUT2D eigenvalue weighted by molar-refractivity contribution is 0.151. The van der Waals surface area contributed by atoms with E-state index < -0.39 is 0 Å². The molecule has 0 aliphatic carbocycles. The van der Waals surface area contributed by atoms with Gasteiger partial charge in [-0.05, 0) is 0 Å². The molecule has 2 saturated heterocycles. The fourth-order valence-corrected chi connectivity index (χ4v) is 3.04. The third kappa shape index (κ3) is 0.876. The van der Waals surface area contributed by atoms with Crippen molar-refractivity contribution >= 4 is 11.8 Å². The Morgan fingerprint density at radius 2 is 2.33 bits per heavy atom. The highest BCUT2D eigenvalue weighted by Crippen LogP contribution is 2.34. The van der Waals surface area contributed by atoms with Crippen molar-refractivity contribution in [3.63, 3.8) is 0 Å². The molecule has 0 amide bonds. The van der Waals surface area contributed by atoms with E-state index in [4.69, 9.17) is 0 Å². The first kappa shape index (κ1) is 6.01. The third-order valence-corrected chi connectivity index (χ3v) is 3.66. The first-order valence-corrected chi connectivity index (χ1v) is 4.43. The summed E-state index contributed by atoms with van der Waals surface area (Å²) in [6.45, 7) is 2.13. The van der Waals surface area contributed by atoms with Gasteiger partial charge in [-0.3, -0.25) is 0 Å². The van der Waals surface area contributed by atoms with Crippen molar-refractivity contribution in [1.29, 1.82) is 0 Å². The van der Waals surface area contributed by atoms with Crippen LogP contribution in [0.4, 0.5) is 0 Å². The highest BCUT2D eigenvalue weighted by atomic mass is 32.2. The number of nitrogens with one attached hydrogen (secondary N) is 1. The van der Waals surface area contributed by atoms with Gasteiger partial charge in [0.15, 0.2) is 0 Å². The summed E-state index contributed by atoms with van der Waals surface area (Å²) in [6.07, 6.45) is -0.0324. The first-order valence-electron chi connectivity index (χ1n) is 3.38. The number of thioether (sulfide) groups is 1. The molecule has 2 fully saturated rings. The van der Waals surface area contributed by atoms with Crippen LogP contribution in [0.15, 0.2) is 0 Å². The largest absolute Gasteiger partial charge is 0.392 e. The second kappa shape index (κ2) is 2.15. The van der Waals surface area contributed by atoms with E-state index in [9.17, 15) is 5.11 Å². The molecule has 0 radical (unpaired) electrons. The Balaban J connectivity index is 2.07. The van der Waals surface area contributed by atoms with Gasteiger partial charge in [0, 0.05) is 30.0 Å². The second-order valence-corrected chi connectivity index (χ2v) is 4.03. The SMILES string of the molecule is OC1CSC2CNCC12. The minimum Gasteiger partial charge on any atom is -0.392 e. The number of aliphatic hydroxyl groups is 1. The van der Waals surface area contributed by atoms with E-state index in [1.54, 1.807) is 0 Å². The quantitative estimate of drug-likeness (QED) is 0.490. The summed E-state index contributed by atoms with van der Waals surface area (Å²) in [5.41, 5.74) is 0. The van der Waals surface area contributed by atoms with Gasteiger partial charge in [0.1, 0.15) is 0 Å². The zero-order chi connectivity index (χ0) is 6.27. The zero-order valence-electron chi connectivity index (χ0n) is 5.21. The molecule has 2 rings (SSSR count). The number of aliphatic hydroxyl groups excluding tert-OH is 1. The Labute approximate surface area is 59.0 Å². The highest BCUT2D eigenvalue weighted by molar-refractivity contribution is 8.00. The van der Waals surface area contributed by atoms with Gasteiger partial charge >= 0.3 is 0 Å². The highest BCUT2D eigenvalue weighted by Gasteiger charge is 2.38. The fourth-order valence-electron chi connectivity index (χ4n) is 1.59. The normalized spacial score (nSPS) is 49.7. The lowest BCUT2D eigenvalue weighted by Crippen LogP contribution is -2.22. The summed E-state index contributed by atoms with van der Waals surface area (Å²) in [6, 6.07) is 0. The minimum absolute atomic E-state index is 0.0324. The van der Waals surface area contributed by atoms with Gasteiger partial charge in [0.25, 0.3) is 0 Å². The fraction of sp³-hybridized carbons (Fsp3) is 1.00. The van der Waals surface area contributed by atoms with Gasteiger partial charge < -0.3 is 10.4 Å². The average Bonchev–Trinajstić information content (AvgIpc) is 2.35. The van der Waals surface area contributed by atoms with Crippen molar-refractivity contribution in [2.24, 2.45) is 5.92 Å². The van der Waals surface area contributed by atoms with Gasteiger partial charge in [0.2, 0.25) is 0 Å². The van der Waals surface area contributed by atoms with Gasteiger partial charge in [-0.1, -0.05) is 0 Å². The lowest BCUT2D eigenvalue weighted by Gasteiger charge is -2.08. The van der Waals surface area contributed by atoms with Crippen LogP contribution in [0.25, 0.3) is 0 Å². The smallest absolute Gasteiger partial charge is 0.0682 e. The van der Waals surface area contributed by atoms with E-state index in [0.29, 0.717) is 11.2 Å². The van der Waals surface area contributed by atoms with Crippen molar-refractivity contribution in [3.8, 4) is 0 Å². The second-order valence-electron chi connectivity index (χ2n) is 2.76. The summed E-state index contributed by atoms with van der Waals surface area (Å²) >= 11 is 1.91.